The van der Waals surface area contributed by atoms with Gasteiger partial charge in [0.1, 0.15) is 17.5 Å². The fourth-order valence-electron chi connectivity index (χ4n) is 3.99. The number of rotatable bonds is 6. The molecule has 0 aliphatic carbocycles. The number of nitrogens with zero attached hydrogens (tertiary/aromatic N) is 4. The molecule has 0 bridgehead atoms. The van der Waals surface area contributed by atoms with E-state index in [1.807, 2.05) is 36.3 Å². The number of likely N-dealkylation sites (tertiary alicyclic amines) is 1. The van der Waals surface area contributed by atoms with E-state index in [4.69, 9.17) is 4.74 Å². The van der Waals surface area contributed by atoms with Crippen LogP contribution in [0.4, 0.5) is 0 Å². The summed E-state index contributed by atoms with van der Waals surface area (Å²) in [5.41, 5.74) is 0.818. The minimum absolute atomic E-state index is 0.0226. The molecule has 9 heteroatoms. The van der Waals surface area contributed by atoms with Crippen LogP contribution in [0, 0.1) is 0 Å². The van der Waals surface area contributed by atoms with Gasteiger partial charge in [0.2, 0.25) is 0 Å². The summed E-state index contributed by atoms with van der Waals surface area (Å²) in [7, 11) is 0. The monoisotopic (exact) mass is 472 g/mol. The lowest BCUT2D eigenvalue weighted by Gasteiger charge is -2.31. The Balaban J connectivity index is 1.38. The standard InChI is InChI=1S/C23H28N4O3S2/c1-4-12-31-20-17(6-5-9-24-20)21(28)26-10-7-16(8-11-26)19-25-18(13-32-19)22(29)27-15-30-14-23(27,2)3/h4-6,9,13,16H,1,7-8,10-12,14-15H2,2-3H3. The summed E-state index contributed by atoms with van der Waals surface area (Å²) in [5, 5.41) is 3.57. The predicted molar refractivity (Wildman–Crippen MR) is 126 cm³/mol. The molecule has 0 spiro atoms. The molecule has 0 aromatic carbocycles. The van der Waals surface area contributed by atoms with Crippen LogP contribution in [-0.4, -0.2) is 69.3 Å². The summed E-state index contributed by atoms with van der Waals surface area (Å²) in [5.74, 6) is 0.917. The van der Waals surface area contributed by atoms with Crippen molar-refractivity contribution < 1.29 is 14.3 Å². The third-order valence-corrected chi connectivity index (χ3v) is 7.87. The molecule has 170 valence electrons. The topological polar surface area (TPSA) is 75.6 Å². The number of hydrogen-bond acceptors (Lipinski definition) is 7. The number of pyridine rings is 1. The van der Waals surface area contributed by atoms with E-state index in [1.54, 1.807) is 17.2 Å². The zero-order valence-electron chi connectivity index (χ0n) is 18.5. The second kappa shape index (κ2) is 9.72. The zero-order valence-corrected chi connectivity index (χ0v) is 20.1. The van der Waals surface area contributed by atoms with Gasteiger partial charge in [-0.1, -0.05) is 6.08 Å². The minimum Gasteiger partial charge on any atom is -0.359 e. The molecule has 2 amide bonds. The maximum atomic E-state index is 13.1. The van der Waals surface area contributed by atoms with Gasteiger partial charge in [-0.15, -0.1) is 29.7 Å². The van der Waals surface area contributed by atoms with E-state index in [2.05, 4.69) is 16.5 Å². The first-order valence-corrected chi connectivity index (χ1v) is 12.6. The van der Waals surface area contributed by atoms with Crippen molar-refractivity contribution >= 4 is 34.9 Å². The Morgan fingerprint density at radius 2 is 2.12 bits per heavy atom. The van der Waals surface area contributed by atoms with Crippen LogP contribution in [0.15, 0.2) is 41.4 Å². The van der Waals surface area contributed by atoms with Crippen LogP contribution >= 0.6 is 23.1 Å². The number of aromatic nitrogens is 2. The highest BCUT2D eigenvalue weighted by Crippen LogP contribution is 2.33. The van der Waals surface area contributed by atoms with Crippen molar-refractivity contribution in [2.45, 2.75) is 43.2 Å². The molecule has 0 unspecified atom stereocenters. The van der Waals surface area contributed by atoms with Gasteiger partial charge in [0, 0.05) is 36.3 Å². The van der Waals surface area contributed by atoms with Crippen molar-refractivity contribution in [3.63, 3.8) is 0 Å². The van der Waals surface area contributed by atoms with Crippen molar-refractivity contribution in [1.29, 1.82) is 0 Å². The average Bonchev–Trinajstić information content (AvgIpc) is 3.43. The smallest absolute Gasteiger partial charge is 0.275 e. The summed E-state index contributed by atoms with van der Waals surface area (Å²) >= 11 is 3.06. The van der Waals surface area contributed by atoms with E-state index in [1.165, 1.54) is 23.1 Å². The van der Waals surface area contributed by atoms with E-state index >= 15 is 0 Å². The first kappa shape index (κ1) is 22.9. The van der Waals surface area contributed by atoms with E-state index in [-0.39, 0.29) is 23.3 Å². The Hall–Kier alpha value is -2.23. The first-order valence-electron chi connectivity index (χ1n) is 10.7. The molecule has 4 rings (SSSR count). The largest absolute Gasteiger partial charge is 0.359 e. The van der Waals surface area contributed by atoms with Gasteiger partial charge in [-0.05, 0) is 38.8 Å². The molecule has 32 heavy (non-hydrogen) atoms. The first-order chi connectivity index (χ1) is 15.4. The Kier molecular flexibility index (Phi) is 6.97. The molecule has 0 atom stereocenters. The number of thioether (sulfide) groups is 1. The minimum atomic E-state index is -0.318. The number of hydrogen-bond donors (Lipinski definition) is 0. The third-order valence-electron chi connectivity index (χ3n) is 5.86. The molecule has 2 aliphatic heterocycles. The lowest BCUT2D eigenvalue weighted by molar-refractivity contribution is 0.0600. The van der Waals surface area contributed by atoms with E-state index in [9.17, 15) is 9.59 Å². The Bertz CT molecular complexity index is 999. The molecule has 2 fully saturated rings. The van der Waals surface area contributed by atoms with Gasteiger partial charge in [-0.2, -0.15) is 0 Å². The third kappa shape index (κ3) is 4.74. The van der Waals surface area contributed by atoms with Crippen LogP contribution in [-0.2, 0) is 4.74 Å². The van der Waals surface area contributed by atoms with Crippen LogP contribution < -0.4 is 0 Å². The van der Waals surface area contributed by atoms with E-state index < -0.39 is 0 Å². The van der Waals surface area contributed by atoms with Crippen molar-refractivity contribution in [1.82, 2.24) is 19.8 Å². The van der Waals surface area contributed by atoms with Gasteiger partial charge in [0.05, 0.1) is 22.7 Å². The number of piperidine rings is 1. The molecular formula is C23H28N4O3S2. The SMILES string of the molecule is C=CCSc1ncccc1C(=O)N1CCC(c2nc(C(=O)N3COCC3(C)C)cs2)CC1. The van der Waals surface area contributed by atoms with E-state index in [0.29, 0.717) is 43.4 Å². The van der Waals surface area contributed by atoms with Crippen molar-refractivity contribution in [3.05, 3.63) is 52.6 Å². The maximum absolute atomic E-state index is 13.1. The quantitative estimate of drug-likeness (QED) is 0.467. The lowest BCUT2D eigenvalue weighted by atomic mass is 9.97. The van der Waals surface area contributed by atoms with Gasteiger partial charge < -0.3 is 14.5 Å². The average molecular weight is 473 g/mol. The second-order valence-electron chi connectivity index (χ2n) is 8.62. The van der Waals surface area contributed by atoms with Gasteiger partial charge in [-0.3, -0.25) is 9.59 Å². The summed E-state index contributed by atoms with van der Waals surface area (Å²) < 4.78 is 5.47. The highest BCUT2D eigenvalue weighted by atomic mass is 32.2. The highest BCUT2D eigenvalue weighted by molar-refractivity contribution is 7.99. The normalized spacial score (nSPS) is 18.7. The summed E-state index contributed by atoms with van der Waals surface area (Å²) in [4.78, 5) is 38.7. The summed E-state index contributed by atoms with van der Waals surface area (Å²) in [6.45, 7) is 9.92. The molecule has 2 aromatic heterocycles. The van der Waals surface area contributed by atoms with E-state index in [0.717, 1.165) is 22.9 Å². The van der Waals surface area contributed by atoms with Crippen LogP contribution in [0.5, 0.6) is 0 Å². The van der Waals surface area contributed by atoms with Gasteiger partial charge >= 0.3 is 0 Å². The molecule has 7 nitrogen and oxygen atoms in total. The molecule has 4 heterocycles. The number of thiazole rings is 1. The van der Waals surface area contributed by atoms with Crippen molar-refractivity contribution in [2.75, 3.05) is 32.2 Å². The molecule has 2 saturated heterocycles. The molecule has 2 aromatic rings. The molecule has 0 radical (unpaired) electrons. The van der Waals surface area contributed by atoms with Crippen LogP contribution in [0.2, 0.25) is 0 Å². The Labute approximate surface area is 196 Å². The highest BCUT2D eigenvalue weighted by Gasteiger charge is 2.38. The van der Waals surface area contributed by atoms with Crippen molar-refractivity contribution in [2.24, 2.45) is 0 Å². The molecule has 0 N–H and O–H groups in total. The number of amides is 2. The number of carbonyl (C=O) groups excluding carboxylic acids is 2. The van der Waals surface area contributed by atoms with Gasteiger partial charge in [0.25, 0.3) is 11.8 Å². The fourth-order valence-corrected chi connectivity index (χ4v) is 5.68. The van der Waals surface area contributed by atoms with Gasteiger partial charge in [-0.25, -0.2) is 9.97 Å². The molecular weight excluding hydrogens is 444 g/mol. The Morgan fingerprint density at radius 3 is 2.81 bits per heavy atom. The Morgan fingerprint density at radius 1 is 1.34 bits per heavy atom. The maximum Gasteiger partial charge on any atom is 0.275 e. The van der Waals surface area contributed by atoms with Crippen molar-refractivity contribution in [3.8, 4) is 0 Å². The number of carbonyl (C=O) groups is 2. The molecule has 0 saturated carbocycles. The predicted octanol–water partition coefficient (Wildman–Crippen LogP) is 4.04. The lowest BCUT2D eigenvalue weighted by Crippen LogP contribution is -2.44. The fraction of sp³-hybridized carbons (Fsp3) is 0.478. The van der Waals surface area contributed by atoms with Crippen LogP contribution in [0.3, 0.4) is 0 Å². The van der Waals surface area contributed by atoms with Crippen LogP contribution in [0.1, 0.15) is 58.5 Å². The second-order valence-corrected chi connectivity index (χ2v) is 10.5. The molecule has 2 aliphatic rings. The van der Waals surface area contributed by atoms with Gasteiger partial charge in [0.15, 0.2) is 0 Å². The van der Waals surface area contributed by atoms with Crippen LogP contribution in [0.25, 0.3) is 0 Å². The summed E-state index contributed by atoms with van der Waals surface area (Å²) in [6, 6.07) is 3.65. The summed E-state index contributed by atoms with van der Waals surface area (Å²) in [6.07, 6.45) is 5.19. The number of ether oxygens (including phenoxy) is 1. The zero-order chi connectivity index (χ0) is 22.7.